The SMILES string of the molecule is CNCc1ccc(-c2cccc(C(F)(F)F)c2)o1. The van der Waals surface area contributed by atoms with Crippen LogP contribution in [0.4, 0.5) is 13.2 Å². The average molecular weight is 255 g/mol. The zero-order valence-electron chi connectivity index (χ0n) is 9.71. The fourth-order valence-electron chi connectivity index (χ4n) is 1.65. The lowest BCUT2D eigenvalue weighted by atomic mass is 10.1. The quantitative estimate of drug-likeness (QED) is 0.904. The number of hydrogen-bond acceptors (Lipinski definition) is 2. The summed E-state index contributed by atoms with van der Waals surface area (Å²) in [7, 11) is 1.77. The molecule has 1 aromatic heterocycles. The monoisotopic (exact) mass is 255 g/mol. The van der Waals surface area contributed by atoms with Crippen molar-refractivity contribution in [1.82, 2.24) is 5.32 Å². The first-order valence-electron chi connectivity index (χ1n) is 5.41. The van der Waals surface area contributed by atoms with E-state index in [2.05, 4.69) is 5.32 Å². The molecule has 18 heavy (non-hydrogen) atoms. The van der Waals surface area contributed by atoms with Gasteiger partial charge in [0.15, 0.2) is 0 Å². The Bertz CT molecular complexity index is 531. The number of halogens is 3. The number of furan rings is 1. The van der Waals surface area contributed by atoms with Gasteiger partial charge in [0.2, 0.25) is 0 Å². The molecule has 0 fully saturated rings. The van der Waals surface area contributed by atoms with Gasteiger partial charge in [-0.05, 0) is 31.3 Å². The summed E-state index contributed by atoms with van der Waals surface area (Å²) in [6, 6.07) is 8.51. The van der Waals surface area contributed by atoms with Crippen LogP contribution >= 0.6 is 0 Å². The molecule has 2 rings (SSSR count). The molecule has 0 aliphatic rings. The van der Waals surface area contributed by atoms with Crippen LogP contribution in [0.15, 0.2) is 40.8 Å². The predicted molar refractivity (Wildman–Crippen MR) is 61.9 cm³/mol. The van der Waals surface area contributed by atoms with Crippen molar-refractivity contribution in [2.24, 2.45) is 0 Å². The molecule has 0 radical (unpaired) electrons. The predicted octanol–water partition coefficient (Wildman–Crippen LogP) is 3.68. The highest BCUT2D eigenvalue weighted by Gasteiger charge is 2.30. The van der Waals surface area contributed by atoms with Crippen LogP contribution in [0.25, 0.3) is 11.3 Å². The van der Waals surface area contributed by atoms with Crippen molar-refractivity contribution in [2.45, 2.75) is 12.7 Å². The molecule has 5 heteroatoms. The Morgan fingerprint density at radius 1 is 1.17 bits per heavy atom. The number of rotatable bonds is 3. The van der Waals surface area contributed by atoms with E-state index in [1.165, 1.54) is 6.07 Å². The number of benzene rings is 1. The molecule has 0 bridgehead atoms. The van der Waals surface area contributed by atoms with E-state index in [0.29, 0.717) is 23.6 Å². The smallest absolute Gasteiger partial charge is 0.416 e. The molecule has 2 nitrogen and oxygen atoms in total. The summed E-state index contributed by atoms with van der Waals surface area (Å²) < 4.78 is 43.2. The maximum atomic E-state index is 12.6. The molecule has 96 valence electrons. The number of hydrogen-bond donors (Lipinski definition) is 1. The molecule has 0 spiro atoms. The summed E-state index contributed by atoms with van der Waals surface area (Å²) in [6.07, 6.45) is -4.34. The van der Waals surface area contributed by atoms with Crippen LogP contribution in [0, 0.1) is 0 Å². The van der Waals surface area contributed by atoms with E-state index in [0.717, 1.165) is 12.1 Å². The van der Waals surface area contributed by atoms with Gasteiger partial charge in [-0.3, -0.25) is 0 Å². The van der Waals surface area contributed by atoms with Gasteiger partial charge in [0.1, 0.15) is 11.5 Å². The van der Waals surface area contributed by atoms with Gasteiger partial charge in [0.05, 0.1) is 12.1 Å². The summed E-state index contributed by atoms with van der Waals surface area (Å²) in [5.41, 5.74) is -0.251. The van der Waals surface area contributed by atoms with Crippen LogP contribution in [0.1, 0.15) is 11.3 Å². The van der Waals surface area contributed by atoms with Crippen LogP contribution in [-0.4, -0.2) is 7.05 Å². The lowest BCUT2D eigenvalue weighted by Crippen LogP contribution is -2.04. The zero-order valence-corrected chi connectivity index (χ0v) is 9.71. The van der Waals surface area contributed by atoms with E-state index in [1.54, 1.807) is 25.2 Å². The molecule has 0 amide bonds. The van der Waals surface area contributed by atoms with Crippen molar-refractivity contribution in [3.05, 3.63) is 47.7 Å². The van der Waals surface area contributed by atoms with E-state index < -0.39 is 11.7 Å². The van der Waals surface area contributed by atoms with Crippen LogP contribution in [-0.2, 0) is 12.7 Å². The van der Waals surface area contributed by atoms with Crippen molar-refractivity contribution in [3.8, 4) is 11.3 Å². The third kappa shape index (κ3) is 2.73. The van der Waals surface area contributed by atoms with Gasteiger partial charge in [-0.1, -0.05) is 12.1 Å². The van der Waals surface area contributed by atoms with Gasteiger partial charge >= 0.3 is 6.18 Å². The molecule has 0 aliphatic carbocycles. The molecule has 2 aromatic rings. The van der Waals surface area contributed by atoms with Crippen molar-refractivity contribution < 1.29 is 17.6 Å². The molecule has 0 saturated carbocycles. The summed E-state index contributed by atoms with van der Waals surface area (Å²) in [5, 5.41) is 2.91. The second kappa shape index (κ2) is 4.86. The normalized spacial score (nSPS) is 11.8. The Morgan fingerprint density at radius 3 is 2.61 bits per heavy atom. The van der Waals surface area contributed by atoms with Crippen LogP contribution in [0.3, 0.4) is 0 Å². The Morgan fingerprint density at radius 2 is 1.94 bits per heavy atom. The standard InChI is InChI=1S/C13H12F3NO/c1-17-8-11-5-6-12(18-11)9-3-2-4-10(7-9)13(14,15)16/h2-7,17H,8H2,1H3. The first-order chi connectivity index (χ1) is 8.50. The number of alkyl halides is 3. The van der Waals surface area contributed by atoms with E-state index in [9.17, 15) is 13.2 Å². The summed E-state index contributed by atoms with van der Waals surface area (Å²) >= 11 is 0. The minimum Gasteiger partial charge on any atom is -0.460 e. The van der Waals surface area contributed by atoms with Gasteiger partial charge in [0, 0.05) is 5.56 Å². The van der Waals surface area contributed by atoms with Crippen molar-refractivity contribution in [1.29, 1.82) is 0 Å². The molecule has 1 N–H and O–H groups in total. The first-order valence-corrected chi connectivity index (χ1v) is 5.41. The Hall–Kier alpha value is -1.75. The highest BCUT2D eigenvalue weighted by molar-refractivity contribution is 5.58. The molecule has 0 unspecified atom stereocenters. The van der Waals surface area contributed by atoms with E-state index >= 15 is 0 Å². The van der Waals surface area contributed by atoms with Crippen molar-refractivity contribution >= 4 is 0 Å². The third-order valence-corrected chi connectivity index (χ3v) is 2.49. The van der Waals surface area contributed by atoms with Crippen LogP contribution < -0.4 is 5.32 Å². The van der Waals surface area contributed by atoms with E-state index in [1.807, 2.05) is 0 Å². The fourth-order valence-corrected chi connectivity index (χ4v) is 1.65. The minimum atomic E-state index is -4.34. The molecule has 0 saturated heterocycles. The van der Waals surface area contributed by atoms with Crippen LogP contribution in [0.2, 0.25) is 0 Å². The van der Waals surface area contributed by atoms with E-state index in [-0.39, 0.29) is 0 Å². The van der Waals surface area contributed by atoms with Crippen molar-refractivity contribution in [3.63, 3.8) is 0 Å². The average Bonchev–Trinajstić information content (AvgIpc) is 2.77. The molecular formula is C13H12F3NO. The summed E-state index contributed by atoms with van der Waals surface area (Å²) in [6.45, 7) is 0.541. The minimum absolute atomic E-state index is 0.423. The largest absolute Gasteiger partial charge is 0.460 e. The molecule has 1 aromatic carbocycles. The second-order valence-corrected chi connectivity index (χ2v) is 3.87. The lowest BCUT2D eigenvalue weighted by Gasteiger charge is -2.07. The molecule has 0 aliphatic heterocycles. The lowest BCUT2D eigenvalue weighted by molar-refractivity contribution is -0.137. The molecule has 1 heterocycles. The van der Waals surface area contributed by atoms with Gasteiger partial charge in [-0.2, -0.15) is 13.2 Å². The maximum Gasteiger partial charge on any atom is 0.416 e. The van der Waals surface area contributed by atoms with Gasteiger partial charge < -0.3 is 9.73 Å². The summed E-state index contributed by atoms with van der Waals surface area (Å²) in [5.74, 6) is 1.12. The Labute approximate surface area is 102 Å². The molecule has 0 atom stereocenters. The third-order valence-electron chi connectivity index (χ3n) is 2.49. The maximum absolute atomic E-state index is 12.6. The van der Waals surface area contributed by atoms with Gasteiger partial charge in [-0.15, -0.1) is 0 Å². The number of nitrogens with one attached hydrogen (secondary N) is 1. The zero-order chi connectivity index (χ0) is 13.2. The fraction of sp³-hybridized carbons (Fsp3) is 0.231. The topological polar surface area (TPSA) is 25.2 Å². The summed E-state index contributed by atoms with van der Waals surface area (Å²) in [4.78, 5) is 0. The molecular weight excluding hydrogens is 243 g/mol. The first kappa shape index (κ1) is 12.7. The highest BCUT2D eigenvalue weighted by Crippen LogP contribution is 2.32. The van der Waals surface area contributed by atoms with E-state index in [4.69, 9.17) is 4.42 Å². The Balaban J connectivity index is 2.32. The van der Waals surface area contributed by atoms with Crippen molar-refractivity contribution in [2.75, 3.05) is 7.05 Å². The second-order valence-electron chi connectivity index (χ2n) is 3.87. The van der Waals surface area contributed by atoms with Crippen LogP contribution in [0.5, 0.6) is 0 Å². The highest BCUT2D eigenvalue weighted by atomic mass is 19.4. The van der Waals surface area contributed by atoms with Gasteiger partial charge in [-0.25, -0.2) is 0 Å². The van der Waals surface area contributed by atoms with Gasteiger partial charge in [0.25, 0.3) is 0 Å². The Kier molecular flexibility index (Phi) is 3.43.